The van der Waals surface area contributed by atoms with Crippen molar-refractivity contribution in [2.24, 2.45) is 0 Å². The van der Waals surface area contributed by atoms with Crippen LogP contribution >= 0.6 is 0 Å². The van der Waals surface area contributed by atoms with Crippen LogP contribution in [0.5, 0.6) is 0 Å². The zero-order valence-electron chi connectivity index (χ0n) is 20.5. The number of ether oxygens (including phenoxy) is 1. The Balaban J connectivity index is 1.32. The quantitative estimate of drug-likeness (QED) is 0.542. The van der Waals surface area contributed by atoms with E-state index < -0.39 is 20.3 Å². The lowest BCUT2D eigenvalue weighted by molar-refractivity contribution is 0.0472. The van der Waals surface area contributed by atoms with Crippen molar-refractivity contribution in [3.8, 4) is 0 Å². The van der Waals surface area contributed by atoms with Gasteiger partial charge in [-0.1, -0.05) is 36.4 Å². The van der Waals surface area contributed by atoms with Gasteiger partial charge in [0.05, 0.1) is 22.6 Å². The Labute approximate surface area is 211 Å². The topological polar surface area (TPSA) is 89.4 Å². The summed E-state index contributed by atoms with van der Waals surface area (Å²) in [7, 11) is -1.84. The predicted molar refractivity (Wildman–Crippen MR) is 136 cm³/mol. The minimum absolute atomic E-state index is 0.0910. The molecule has 1 unspecified atom stereocenters. The van der Waals surface area contributed by atoms with E-state index in [-0.39, 0.29) is 30.4 Å². The van der Waals surface area contributed by atoms with Crippen molar-refractivity contribution in [2.75, 3.05) is 31.6 Å². The van der Waals surface area contributed by atoms with Crippen LogP contribution < -0.4 is 10.2 Å². The standard InChI is InChI=1S/C26H32FN5O3S/c1-18-25(36(33,34)26(14-28-18)19-6-4-3-5-7-19)12-20-8-9-21(13-22(20)27)31-11-10-23(24(15-31)35-2)32-16-29-30-17-32/h3-9,13,16-18,23-26,28H,10-12,14-15H2,1-2H3/t18-,23-,24+,25?,26-/m0/s1. The summed E-state index contributed by atoms with van der Waals surface area (Å²) in [6.07, 6.45) is 4.23. The molecule has 0 saturated carbocycles. The lowest BCUT2D eigenvalue weighted by Crippen LogP contribution is -2.53. The highest BCUT2D eigenvalue weighted by Crippen LogP contribution is 2.34. The van der Waals surface area contributed by atoms with E-state index in [2.05, 4.69) is 20.4 Å². The lowest BCUT2D eigenvalue weighted by atomic mass is 9.99. The van der Waals surface area contributed by atoms with Gasteiger partial charge in [-0.15, -0.1) is 10.2 Å². The van der Waals surface area contributed by atoms with E-state index in [4.69, 9.17) is 4.74 Å². The molecule has 1 N–H and O–H groups in total. The molecule has 2 aromatic carbocycles. The minimum atomic E-state index is -3.52. The van der Waals surface area contributed by atoms with E-state index in [9.17, 15) is 8.42 Å². The first kappa shape index (κ1) is 24.9. The van der Waals surface area contributed by atoms with Crippen molar-refractivity contribution in [1.29, 1.82) is 0 Å². The molecule has 8 nitrogen and oxygen atoms in total. The fraction of sp³-hybridized carbons (Fsp3) is 0.462. The molecule has 5 rings (SSSR count). The van der Waals surface area contributed by atoms with Crippen LogP contribution in [0.1, 0.15) is 35.8 Å². The van der Waals surface area contributed by atoms with E-state index in [1.54, 1.807) is 25.8 Å². The molecule has 0 amide bonds. The molecule has 0 radical (unpaired) electrons. The maximum Gasteiger partial charge on any atom is 0.163 e. The van der Waals surface area contributed by atoms with Crippen molar-refractivity contribution >= 4 is 15.5 Å². The van der Waals surface area contributed by atoms with Gasteiger partial charge in [-0.05, 0) is 43.0 Å². The van der Waals surface area contributed by atoms with Crippen LogP contribution in [-0.4, -0.2) is 67.3 Å². The Morgan fingerprint density at radius 2 is 1.89 bits per heavy atom. The van der Waals surface area contributed by atoms with E-state index >= 15 is 4.39 Å². The maximum absolute atomic E-state index is 15.3. The van der Waals surface area contributed by atoms with Gasteiger partial charge in [0.2, 0.25) is 0 Å². The molecular formula is C26H32FN5O3S. The van der Waals surface area contributed by atoms with Crippen LogP contribution in [0.2, 0.25) is 0 Å². The summed E-state index contributed by atoms with van der Waals surface area (Å²) in [5.74, 6) is -0.383. The number of rotatable bonds is 6. The van der Waals surface area contributed by atoms with Gasteiger partial charge < -0.3 is 19.5 Å². The van der Waals surface area contributed by atoms with Crippen LogP contribution in [0.3, 0.4) is 0 Å². The Morgan fingerprint density at radius 1 is 1.14 bits per heavy atom. The summed E-state index contributed by atoms with van der Waals surface area (Å²) >= 11 is 0. The summed E-state index contributed by atoms with van der Waals surface area (Å²) in [5.41, 5.74) is 1.94. The second-order valence-electron chi connectivity index (χ2n) is 9.69. The van der Waals surface area contributed by atoms with Gasteiger partial charge in [-0.25, -0.2) is 12.8 Å². The molecule has 2 aliphatic heterocycles. The molecule has 3 aromatic rings. The molecule has 0 aliphatic carbocycles. The number of nitrogens with zero attached hydrogens (tertiary/aromatic N) is 4. The molecule has 3 heterocycles. The summed E-state index contributed by atoms with van der Waals surface area (Å²) < 4.78 is 50.1. The number of anilines is 1. The van der Waals surface area contributed by atoms with Crippen LogP contribution in [0.15, 0.2) is 61.2 Å². The van der Waals surface area contributed by atoms with Crippen molar-refractivity contribution in [3.05, 3.63) is 78.1 Å². The average molecular weight is 514 g/mol. The zero-order valence-corrected chi connectivity index (χ0v) is 21.3. The largest absolute Gasteiger partial charge is 0.377 e. The highest BCUT2D eigenvalue weighted by atomic mass is 32.2. The molecule has 2 saturated heterocycles. The van der Waals surface area contributed by atoms with E-state index in [1.807, 2.05) is 47.9 Å². The molecule has 0 spiro atoms. The second-order valence-corrected chi connectivity index (χ2v) is 12.0. The number of methoxy groups -OCH3 is 1. The fourth-order valence-corrected chi connectivity index (χ4v) is 7.87. The Bertz CT molecular complexity index is 1270. The first-order valence-electron chi connectivity index (χ1n) is 12.3. The van der Waals surface area contributed by atoms with Crippen molar-refractivity contribution in [2.45, 2.75) is 48.5 Å². The highest BCUT2D eigenvalue weighted by molar-refractivity contribution is 7.92. The average Bonchev–Trinajstić information content (AvgIpc) is 3.42. The van der Waals surface area contributed by atoms with Crippen LogP contribution in [-0.2, 0) is 21.0 Å². The van der Waals surface area contributed by atoms with Gasteiger partial charge in [0, 0.05) is 38.5 Å². The van der Waals surface area contributed by atoms with Crippen molar-refractivity contribution in [1.82, 2.24) is 20.1 Å². The molecule has 1 aromatic heterocycles. The number of hydrogen-bond donors (Lipinski definition) is 1. The van der Waals surface area contributed by atoms with E-state index in [1.165, 1.54) is 6.07 Å². The minimum Gasteiger partial charge on any atom is -0.377 e. The summed E-state index contributed by atoms with van der Waals surface area (Å²) in [5, 5.41) is 9.77. The third kappa shape index (κ3) is 4.77. The molecule has 36 heavy (non-hydrogen) atoms. The van der Waals surface area contributed by atoms with Crippen molar-refractivity contribution < 1.29 is 17.5 Å². The van der Waals surface area contributed by atoms with E-state index in [0.29, 0.717) is 18.7 Å². The second kappa shape index (κ2) is 10.3. The third-order valence-corrected chi connectivity index (χ3v) is 10.3. The van der Waals surface area contributed by atoms with Gasteiger partial charge in [0.25, 0.3) is 0 Å². The lowest BCUT2D eigenvalue weighted by Gasteiger charge is -2.39. The van der Waals surface area contributed by atoms with Gasteiger partial charge in [0.1, 0.15) is 18.5 Å². The molecule has 5 atom stereocenters. The number of piperidine rings is 1. The molecular weight excluding hydrogens is 481 g/mol. The number of halogens is 1. The molecule has 10 heteroatoms. The first-order chi connectivity index (χ1) is 17.4. The predicted octanol–water partition coefficient (Wildman–Crippen LogP) is 2.94. The number of benzene rings is 2. The number of nitrogens with one attached hydrogen (secondary N) is 1. The fourth-order valence-electron chi connectivity index (χ4n) is 5.51. The molecule has 192 valence electrons. The molecule has 2 fully saturated rings. The smallest absolute Gasteiger partial charge is 0.163 e. The van der Waals surface area contributed by atoms with Gasteiger partial charge in [-0.3, -0.25) is 0 Å². The maximum atomic E-state index is 15.3. The molecule has 2 aliphatic rings. The third-order valence-electron chi connectivity index (χ3n) is 7.64. The number of aromatic nitrogens is 3. The highest BCUT2D eigenvalue weighted by Gasteiger charge is 2.42. The number of hydrogen-bond acceptors (Lipinski definition) is 7. The summed E-state index contributed by atoms with van der Waals surface area (Å²) in [4.78, 5) is 2.11. The van der Waals surface area contributed by atoms with Gasteiger partial charge in [0.15, 0.2) is 9.84 Å². The molecule has 0 bridgehead atoms. The first-order valence-corrected chi connectivity index (χ1v) is 13.9. The monoisotopic (exact) mass is 513 g/mol. The van der Waals surface area contributed by atoms with Crippen LogP contribution in [0.4, 0.5) is 10.1 Å². The van der Waals surface area contributed by atoms with Crippen LogP contribution in [0.25, 0.3) is 0 Å². The summed E-state index contributed by atoms with van der Waals surface area (Å²) in [6.45, 7) is 3.56. The van der Waals surface area contributed by atoms with Gasteiger partial charge in [-0.2, -0.15) is 0 Å². The van der Waals surface area contributed by atoms with E-state index in [0.717, 1.165) is 24.2 Å². The Morgan fingerprint density at radius 3 is 2.58 bits per heavy atom. The van der Waals surface area contributed by atoms with Crippen molar-refractivity contribution in [3.63, 3.8) is 0 Å². The SMILES string of the molecule is CO[C@@H]1CN(c2ccc(CC3[C@H](C)NC[C@@H](c4ccccc4)S3(=O)=O)c(F)c2)CC[C@@H]1n1cnnc1. The Kier molecular flexibility index (Phi) is 7.09. The Hall–Kier alpha value is -2.82. The normalized spacial score (nSPS) is 28.2. The van der Waals surface area contributed by atoms with Gasteiger partial charge >= 0.3 is 0 Å². The van der Waals surface area contributed by atoms with Crippen LogP contribution in [0, 0.1) is 5.82 Å². The number of sulfone groups is 1. The zero-order chi connectivity index (χ0) is 25.3. The summed E-state index contributed by atoms with van der Waals surface area (Å²) in [6, 6.07) is 14.2.